The van der Waals surface area contributed by atoms with Crippen molar-refractivity contribution in [1.82, 2.24) is 0 Å². The van der Waals surface area contributed by atoms with Crippen molar-refractivity contribution in [2.75, 3.05) is 0 Å². The van der Waals surface area contributed by atoms with Crippen molar-refractivity contribution in [3.8, 4) is 0 Å². The maximum atomic E-state index is 10.4. The summed E-state index contributed by atoms with van der Waals surface area (Å²) in [6.07, 6.45) is 3.67. The van der Waals surface area contributed by atoms with Crippen LogP contribution in [-0.2, 0) is 0 Å². The second kappa shape index (κ2) is 2.80. The van der Waals surface area contributed by atoms with Crippen LogP contribution in [0.1, 0.15) is 39.5 Å². The molecule has 0 aromatic rings. The molecule has 0 amide bonds. The summed E-state index contributed by atoms with van der Waals surface area (Å²) in [5, 5.41) is 10.4. The number of hydrogen-bond acceptors (Lipinski definition) is 2. The summed E-state index contributed by atoms with van der Waals surface area (Å²) in [6, 6.07) is -0.279. The Morgan fingerprint density at radius 3 is 2.55 bits per heavy atom. The van der Waals surface area contributed by atoms with Crippen LogP contribution in [0.3, 0.4) is 0 Å². The molecule has 0 aliphatic heterocycles. The normalized spacial score (nSPS) is 29.8. The molecule has 0 spiro atoms. The van der Waals surface area contributed by atoms with Crippen LogP contribution < -0.4 is 0 Å². The van der Waals surface area contributed by atoms with E-state index in [2.05, 4.69) is 13.8 Å². The standard InChI is InChI=1S/C8H15NO2/c1-8(2)5-3-4-7(6-8)9(10)11/h7H,3-6H2,1-2H3. The molecule has 0 saturated heterocycles. The van der Waals surface area contributed by atoms with Gasteiger partial charge in [0.2, 0.25) is 6.04 Å². The Morgan fingerprint density at radius 2 is 2.18 bits per heavy atom. The Bertz CT molecular complexity index is 165. The fraction of sp³-hybridized carbons (Fsp3) is 1.00. The molecule has 0 N–H and O–H groups in total. The minimum absolute atomic E-state index is 0.124. The summed E-state index contributed by atoms with van der Waals surface area (Å²) in [7, 11) is 0. The predicted molar refractivity (Wildman–Crippen MR) is 43.0 cm³/mol. The van der Waals surface area contributed by atoms with Crippen LogP contribution in [0.15, 0.2) is 0 Å². The van der Waals surface area contributed by atoms with Crippen molar-refractivity contribution in [3.05, 3.63) is 10.1 Å². The van der Waals surface area contributed by atoms with E-state index in [0.717, 1.165) is 25.7 Å². The first-order chi connectivity index (χ1) is 5.01. The molecular weight excluding hydrogens is 142 g/mol. The van der Waals surface area contributed by atoms with Crippen LogP contribution in [0.4, 0.5) is 0 Å². The topological polar surface area (TPSA) is 43.1 Å². The van der Waals surface area contributed by atoms with Gasteiger partial charge in [-0.1, -0.05) is 13.8 Å². The lowest BCUT2D eigenvalue weighted by Gasteiger charge is -2.30. The van der Waals surface area contributed by atoms with Crippen LogP contribution in [0.2, 0.25) is 0 Å². The molecular formula is C8H15NO2. The Kier molecular flexibility index (Phi) is 2.16. The first kappa shape index (κ1) is 8.50. The number of nitrogens with zero attached hydrogens (tertiary/aromatic N) is 1. The molecule has 3 nitrogen and oxygen atoms in total. The Hall–Kier alpha value is -0.600. The third-order valence-corrected chi connectivity index (χ3v) is 2.48. The first-order valence-electron chi connectivity index (χ1n) is 4.15. The van der Waals surface area contributed by atoms with E-state index in [1.807, 2.05) is 0 Å². The highest BCUT2D eigenvalue weighted by Gasteiger charge is 2.34. The second-order valence-electron chi connectivity index (χ2n) is 4.20. The lowest BCUT2D eigenvalue weighted by Crippen LogP contribution is -2.31. The minimum Gasteiger partial charge on any atom is -0.264 e. The van der Waals surface area contributed by atoms with Crippen LogP contribution in [-0.4, -0.2) is 11.0 Å². The van der Waals surface area contributed by atoms with E-state index in [-0.39, 0.29) is 16.4 Å². The first-order valence-corrected chi connectivity index (χ1v) is 4.15. The highest BCUT2D eigenvalue weighted by molar-refractivity contribution is 4.78. The molecule has 0 radical (unpaired) electrons. The molecule has 1 fully saturated rings. The van der Waals surface area contributed by atoms with Crippen molar-refractivity contribution in [1.29, 1.82) is 0 Å². The van der Waals surface area contributed by atoms with Crippen molar-refractivity contribution in [2.24, 2.45) is 5.41 Å². The van der Waals surface area contributed by atoms with E-state index in [4.69, 9.17) is 0 Å². The third-order valence-electron chi connectivity index (χ3n) is 2.48. The molecule has 1 aliphatic carbocycles. The second-order valence-corrected chi connectivity index (χ2v) is 4.20. The molecule has 1 rings (SSSR count). The largest absolute Gasteiger partial charge is 0.264 e. The van der Waals surface area contributed by atoms with Gasteiger partial charge in [0.15, 0.2) is 0 Å². The quantitative estimate of drug-likeness (QED) is 0.432. The van der Waals surface area contributed by atoms with Crippen molar-refractivity contribution >= 4 is 0 Å². The van der Waals surface area contributed by atoms with Gasteiger partial charge in [-0.3, -0.25) is 10.1 Å². The van der Waals surface area contributed by atoms with Gasteiger partial charge in [-0.25, -0.2) is 0 Å². The zero-order valence-corrected chi connectivity index (χ0v) is 7.17. The summed E-state index contributed by atoms with van der Waals surface area (Å²) in [5.41, 5.74) is 0.190. The average molecular weight is 157 g/mol. The molecule has 0 bridgehead atoms. The third kappa shape index (κ3) is 2.17. The number of rotatable bonds is 1. The molecule has 1 atom stereocenters. The van der Waals surface area contributed by atoms with Gasteiger partial charge in [-0.2, -0.15) is 0 Å². The Labute approximate surface area is 66.9 Å². The number of nitro groups is 1. The lowest BCUT2D eigenvalue weighted by atomic mass is 9.75. The highest BCUT2D eigenvalue weighted by Crippen LogP contribution is 2.35. The van der Waals surface area contributed by atoms with Crippen molar-refractivity contribution in [2.45, 2.75) is 45.6 Å². The van der Waals surface area contributed by atoms with E-state index in [9.17, 15) is 10.1 Å². The molecule has 1 saturated carbocycles. The summed E-state index contributed by atoms with van der Waals surface area (Å²) in [4.78, 5) is 10.3. The molecule has 0 aromatic heterocycles. The summed E-state index contributed by atoms with van der Waals surface area (Å²) < 4.78 is 0. The molecule has 1 unspecified atom stereocenters. The van der Waals surface area contributed by atoms with E-state index < -0.39 is 0 Å². The summed E-state index contributed by atoms with van der Waals surface area (Å²) >= 11 is 0. The fourth-order valence-corrected chi connectivity index (χ4v) is 1.84. The van der Waals surface area contributed by atoms with Gasteiger partial charge in [-0.05, 0) is 18.3 Å². The van der Waals surface area contributed by atoms with Crippen LogP contribution in [0.5, 0.6) is 0 Å². The molecule has 3 heteroatoms. The monoisotopic (exact) mass is 157 g/mol. The molecule has 11 heavy (non-hydrogen) atoms. The van der Waals surface area contributed by atoms with E-state index in [0.29, 0.717) is 0 Å². The molecule has 0 aromatic carbocycles. The predicted octanol–water partition coefficient (Wildman–Crippen LogP) is 2.23. The molecule has 0 heterocycles. The number of hydrogen-bond donors (Lipinski definition) is 0. The maximum absolute atomic E-state index is 10.4. The van der Waals surface area contributed by atoms with Gasteiger partial charge in [0, 0.05) is 17.8 Å². The minimum atomic E-state index is -0.279. The van der Waals surface area contributed by atoms with Crippen molar-refractivity contribution in [3.63, 3.8) is 0 Å². The van der Waals surface area contributed by atoms with Crippen LogP contribution in [0, 0.1) is 15.5 Å². The van der Waals surface area contributed by atoms with E-state index >= 15 is 0 Å². The Balaban J connectivity index is 2.53. The van der Waals surface area contributed by atoms with Crippen LogP contribution >= 0.6 is 0 Å². The average Bonchev–Trinajstić information content (AvgIpc) is 1.85. The van der Waals surface area contributed by atoms with Gasteiger partial charge < -0.3 is 0 Å². The van der Waals surface area contributed by atoms with Gasteiger partial charge in [-0.15, -0.1) is 0 Å². The summed E-state index contributed by atoms with van der Waals surface area (Å²) in [5.74, 6) is 0. The van der Waals surface area contributed by atoms with Crippen molar-refractivity contribution < 1.29 is 4.92 Å². The van der Waals surface area contributed by atoms with Gasteiger partial charge >= 0.3 is 0 Å². The smallest absolute Gasteiger partial charge is 0.213 e. The zero-order valence-electron chi connectivity index (χ0n) is 7.17. The zero-order chi connectivity index (χ0) is 8.48. The highest BCUT2D eigenvalue weighted by atomic mass is 16.6. The lowest BCUT2D eigenvalue weighted by molar-refractivity contribution is -0.529. The summed E-state index contributed by atoms with van der Waals surface area (Å²) in [6.45, 7) is 4.23. The van der Waals surface area contributed by atoms with E-state index in [1.165, 1.54) is 0 Å². The maximum Gasteiger partial charge on any atom is 0.213 e. The Morgan fingerprint density at radius 1 is 1.55 bits per heavy atom. The van der Waals surface area contributed by atoms with Gasteiger partial charge in [0.25, 0.3) is 0 Å². The van der Waals surface area contributed by atoms with E-state index in [1.54, 1.807) is 0 Å². The van der Waals surface area contributed by atoms with Gasteiger partial charge in [0.05, 0.1) is 0 Å². The molecule has 64 valence electrons. The molecule has 1 aliphatic rings. The fourth-order valence-electron chi connectivity index (χ4n) is 1.84. The van der Waals surface area contributed by atoms with Crippen LogP contribution in [0.25, 0.3) is 0 Å². The SMILES string of the molecule is CC1(C)CCCC([N+](=O)[O-])C1. The van der Waals surface area contributed by atoms with Gasteiger partial charge in [0.1, 0.15) is 0 Å².